The molecule has 0 bridgehead atoms. The van der Waals surface area contributed by atoms with Crippen LogP contribution in [-0.2, 0) is 11.2 Å². The molecular weight excluding hydrogens is 402 g/mol. The van der Waals surface area contributed by atoms with E-state index < -0.39 is 6.61 Å². The van der Waals surface area contributed by atoms with Crippen molar-refractivity contribution in [1.29, 1.82) is 0 Å². The number of carbonyl (C=O) groups excluding carboxylic acids is 1. The van der Waals surface area contributed by atoms with E-state index >= 15 is 0 Å². The maximum atomic E-state index is 12.4. The summed E-state index contributed by atoms with van der Waals surface area (Å²) in [6, 6.07) is 8.28. The van der Waals surface area contributed by atoms with Crippen molar-refractivity contribution in [3.05, 3.63) is 51.3 Å². The summed E-state index contributed by atoms with van der Waals surface area (Å²) in [7, 11) is 0. The molecule has 4 nitrogen and oxygen atoms in total. The van der Waals surface area contributed by atoms with Gasteiger partial charge in [-0.3, -0.25) is 4.79 Å². The summed E-state index contributed by atoms with van der Waals surface area (Å²) < 4.78 is 29.9. The summed E-state index contributed by atoms with van der Waals surface area (Å²) in [6.45, 7) is -1.31. The minimum Gasteiger partial charge on any atom is -0.434 e. The lowest BCUT2D eigenvalue weighted by Crippen LogP contribution is -2.16. The maximum absolute atomic E-state index is 12.4. The van der Waals surface area contributed by atoms with Gasteiger partial charge < -0.3 is 10.1 Å². The fourth-order valence-corrected chi connectivity index (χ4v) is 4.20. The van der Waals surface area contributed by atoms with Crippen LogP contribution in [0.1, 0.15) is 11.3 Å². The Labute approximate surface area is 161 Å². The molecule has 3 aromatic rings. The van der Waals surface area contributed by atoms with Crippen molar-refractivity contribution in [2.24, 2.45) is 0 Å². The second kappa shape index (κ2) is 8.11. The molecule has 0 atom stereocenters. The highest BCUT2D eigenvalue weighted by molar-refractivity contribution is 7.23. The number of aromatic nitrogens is 1. The minimum absolute atomic E-state index is 0.0309. The fourth-order valence-electron chi connectivity index (χ4n) is 2.26. The third-order valence-electron chi connectivity index (χ3n) is 3.45. The molecule has 1 N–H and O–H groups in total. The van der Waals surface area contributed by atoms with Gasteiger partial charge >= 0.3 is 6.61 Å². The number of nitrogens with zero attached hydrogens (tertiary/aromatic N) is 1. The lowest BCUT2D eigenvalue weighted by molar-refractivity contribution is -0.115. The van der Waals surface area contributed by atoms with E-state index in [1.54, 1.807) is 25.1 Å². The Kier molecular flexibility index (Phi) is 5.85. The van der Waals surface area contributed by atoms with E-state index in [0.717, 1.165) is 9.88 Å². The number of amides is 1. The average Bonchev–Trinajstić information content (AvgIpc) is 3.20. The Morgan fingerprint density at radius 2 is 2.15 bits per heavy atom. The molecule has 0 fully saturated rings. The van der Waals surface area contributed by atoms with Gasteiger partial charge in [0.05, 0.1) is 21.3 Å². The van der Waals surface area contributed by atoms with Crippen LogP contribution in [0.3, 0.4) is 0 Å². The molecule has 0 unspecified atom stereocenters. The number of hydrogen-bond acceptors (Lipinski definition) is 5. The zero-order valence-corrected chi connectivity index (χ0v) is 15.9. The first-order valence-electron chi connectivity index (χ1n) is 7.47. The number of thiazole rings is 1. The zero-order chi connectivity index (χ0) is 18.7. The molecule has 26 heavy (non-hydrogen) atoms. The van der Waals surface area contributed by atoms with Gasteiger partial charge in [0.2, 0.25) is 5.91 Å². The van der Waals surface area contributed by atoms with Crippen LogP contribution >= 0.6 is 34.3 Å². The monoisotopic (exact) mass is 414 g/mol. The number of benzene rings is 1. The van der Waals surface area contributed by atoms with Gasteiger partial charge in [-0.15, -0.1) is 22.7 Å². The van der Waals surface area contributed by atoms with Crippen LogP contribution in [0.15, 0.2) is 35.7 Å². The smallest absolute Gasteiger partial charge is 0.387 e. The minimum atomic E-state index is -2.92. The maximum Gasteiger partial charge on any atom is 0.387 e. The molecule has 1 amide bonds. The molecule has 0 spiro atoms. The summed E-state index contributed by atoms with van der Waals surface area (Å²) >= 11 is 8.78. The van der Waals surface area contributed by atoms with Crippen molar-refractivity contribution < 1.29 is 18.3 Å². The van der Waals surface area contributed by atoms with Crippen molar-refractivity contribution >= 4 is 45.9 Å². The first-order chi connectivity index (χ1) is 12.4. The topological polar surface area (TPSA) is 51.2 Å². The van der Waals surface area contributed by atoms with Gasteiger partial charge in [-0.1, -0.05) is 17.7 Å². The van der Waals surface area contributed by atoms with E-state index in [1.807, 2.05) is 11.4 Å². The second-order valence-corrected chi connectivity index (χ2v) is 7.85. The van der Waals surface area contributed by atoms with E-state index in [2.05, 4.69) is 15.0 Å². The molecular formula is C17H13ClF2N2O2S2. The van der Waals surface area contributed by atoms with Crippen LogP contribution in [-0.4, -0.2) is 17.5 Å². The van der Waals surface area contributed by atoms with Gasteiger partial charge in [0.25, 0.3) is 0 Å². The van der Waals surface area contributed by atoms with E-state index in [0.29, 0.717) is 21.3 Å². The molecule has 3 rings (SSSR count). The van der Waals surface area contributed by atoms with Crippen LogP contribution in [0.5, 0.6) is 5.75 Å². The highest BCUT2D eigenvalue weighted by atomic mass is 35.5. The summed E-state index contributed by atoms with van der Waals surface area (Å²) in [6.07, 6.45) is 0.0784. The second-order valence-electron chi connectivity index (χ2n) is 5.28. The normalized spacial score (nSPS) is 11.0. The highest BCUT2D eigenvalue weighted by Gasteiger charge is 2.14. The summed E-state index contributed by atoms with van der Waals surface area (Å²) in [5.74, 6) is -0.258. The molecule has 0 radical (unpaired) electrons. The number of thiophene rings is 1. The summed E-state index contributed by atoms with van der Waals surface area (Å²) in [5.41, 5.74) is 1.49. The van der Waals surface area contributed by atoms with Crippen molar-refractivity contribution in [2.75, 3.05) is 5.32 Å². The fraction of sp³-hybridized carbons (Fsp3) is 0.176. The predicted octanol–water partition coefficient (Wildman–Crippen LogP) is 5.62. The number of halogens is 3. The lowest BCUT2D eigenvalue weighted by Gasteiger charge is -2.12. The van der Waals surface area contributed by atoms with Crippen LogP contribution in [0.25, 0.3) is 9.88 Å². The number of nitrogens with one attached hydrogen (secondary N) is 1. The largest absolute Gasteiger partial charge is 0.434 e. The number of ether oxygens (including phenoxy) is 1. The van der Waals surface area contributed by atoms with Gasteiger partial charge in [0.1, 0.15) is 10.8 Å². The first kappa shape index (κ1) is 18.8. The third kappa shape index (κ3) is 4.57. The van der Waals surface area contributed by atoms with E-state index in [-0.39, 0.29) is 18.1 Å². The van der Waals surface area contributed by atoms with Crippen molar-refractivity contribution in [3.63, 3.8) is 0 Å². The highest BCUT2D eigenvalue weighted by Crippen LogP contribution is 2.33. The third-order valence-corrected chi connectivity index (χ3v) is 5.74. The lowest BCUT2D eigenvalue weighted by atomic mass is 10.1. The van der Waals surface area contributed by atoms with E-state index in [9.17, 15) is 13.6 Å². The average molecular weight is 415 g/mol. The van der Waals surface area contributed by atoms with Crippen LogP contribution in [0.4, 0.5) is 14.5 Å². The van der Waals surface area contributed by atoms with E-state index in [1.165, 1.54) is 28.7 Å². The van der Waals surface area contributed by atoms with Gasteiger partial charge in [-0.25, -0.2) is 4.98 Å². The molecule has 2 aromatic heterocycles. The molecule has 0 aliphatic rings. The first-order valence-corrected chi connectivity index (χ1v) is 9.54. The van der Waals surface area contributed by atoms with Gasteiger partial charge in [0, 0.05) is 16.6 Å². The molecule has 0 saturated heterocycles. The van der Waals surface area contributed by atoms with Crippen molar-refractivity contribution in [1.82, 2.24) is 4.98 Å². The quantitative estimate of drug-likeness (QED) is 0.569. The summed E-state index contributed by atoms with van der Waals surface area (Å²) in [5, 5.41) is 5.32. The van der Waals surface area contributed by atoms with Gasteiger partial charge in [-0.2, -0.15) is 8.78 Å². The molecule has 0 saturated carbocycles. The molecule has 9 heteroatoms. The number of alkyl halides is 2. The predicted molar refractivity (Wildman–Crippen MR) is 101 cm³/mol. The number of carbonyl (C=O) groups is 1. The van der Waals surface area contributed by atoms with Gasteiger partial charge in [-0.05, 0) is 31.2 Å². The van der Waals surface area contributed by atoms with Crippen molar-refractivity contribution in [3.8, 4) is 15.6 Å². The Bertz CT molecular complexity index is 927. The number of rotatable bonds is 6. The number of hydrogen-bond donors (Lipinski definition) is 1. The molecule has 1 aromatic carbocycles. The van der Waals surface area contributed by atoms with Gasteiger partial charge in [0.15, 0.2) is 0 Å². The van der Waals surface area contributed by atoms with Crippen molar-refractivity contribution in [2.45, 2.75) is 20.0 Å². The number of anilines is 1. The van der Waals surface area contributed by atoms with Crippen LogP contribution < -0.4 is 10.1 Å². The Morgan fingerprint density at radius 1 is 1.35 bits per heavy atom. The standard InChI is InChI=1S/C17H13ClF2N2O2S2/c1-9-11(3-2-4-12(9)24-17(19)20)22-15(23)7-10-8-25-16(21-10)13-5-6-14(18)26-13/h2-6,8,17H,7H2,1H3,(H,22,23). The summed E-state index contributed by atoms with van der Waals surface area (Å²) in [4.78, 5) is 17.6. The zero-order valence-electron chi connectivity index (χ0n) is 13.5. The molecule has 2 heterocycles. The van der Waals surface area contributed by atoms with Crippen LogP contribution in [0, 0.1) is 6.92 Å². The Morgan fingerprint density at radius 3 is 2.85 bits per heavy atom. The molecule has 136 valence electrons. The van der Waals surface area contributed by atoms with E-state index in [4.69, 9.17) is 11.6 Å². The Hall–Kier alpha value is -2.03. The van der Waals surface area contributed by atoms with Crippen LogP contribution in [0.2, 0.25) is 4.34 Å². The Balaban J connectivity index is 1.67. The SMILES string of the molecule is Cc1c(NC(=O)Cc2csc(-c3ccc(Cl)s3)n2)cccc1OC(F)F. The molecule has 0 aliphatic carbocycles. The molecule has 0 aliphatic heterocycles.